The zero-order valence-electron chi connectivity index (χ0n) is 16.0. The second-order valence-corrected chi connectivity index (χ2v) is 8.25. The van der Waals surface area contributed by atoms with Gasteiger partial charge in [0.2, 0.25) is 0 Å². The maximum atomic E-state index is 13.1. The Balaban J connectivity index is 2.00. The standard InChI is InChI=1S/C19H17N7O2S/c1-24(2)17-5-4-14(10-20)9-19(17)29(27,28)25(3)22-12-16-13-23-26-7-6-15(11-21)8-18(16)26/h4-9,12-13H,1-3H3/b22-12-. The fourth-order valence-corrected chi connectivity index (χ4v) is 3.92. The number of hydrogen-bond donors (Lipinski definition) is 0. The lowest BCUT2D eigenvalue weighted by molar-refractivity contribution is 0.491. The van der Waals surface area contributed by atoms with Crippen LogP contribution < -0.4 is 4.90 Å². The predicted molar refractivity (Wildman–Crippen MR) is 108 cm³/mol. The number of hydrazone groups is 1. The zero-order chi connectivity index (χ0) is 21.2. The molecule has 0 aliphatic rings. The van der Waals surface area contributed by atoms with Crippen molar-refractivity contribution in [2.24, 2.45) is 5.10 Å². The van der Waals surface area contributed by atoms with Crippen molar-refractivity contribution in [3.8, 4) is 12.1 Å². The summed E-state index contributed by atoms with van der Waals surface area (Å²) in [5, 5.41) is 26.4. The highest BCUT2D eigenvalue weighted by atomic mass is 32.2. The summed E-state index contributed by atoms with van der Waals surface area (Å²) in [7, 11) is 0.748. The van der Waals surface area contributed by atoms with Crippen molar-refractivity contribution >= 4 is 27.4 Å². The van der Waals surface area contributed by atoms with E-state index in [9.17, 15) is 8.42 Å². The Morgan fingerprint density at radius 3 is 2.45 bits per heavy atom. The minimum Gasteiger partial charge on any atom is -0.377 e. The lowest BCUT2D eigenvalue weighted by Crippen LogP contribution is -2.24. The van der Waals surface area contributed by atoms with Gasteiger partial charge in [0.15, 0.2) is 0 Å². The van der Waals surface area contributed by atoms with E-state index in [1.807, 2.05) is 6.07 Å². The molecule has 0 atom stereocenters. The molecule has 29 heavy (non-hydrogen) atoms. The van der Waals surface area contributed by atoms with E-state index in [0.717, 1.165) is 4.41 Å². The van der Waals surface area contributed by atoms with E-state index in [4.69, 9.17) is 10.5 Å². The Morgan fingerprint density at radius 2 is 1.79 bits per heavy atom. The number of rotatable bonds is 5. The average molecular weight is 407 g/mol. The SMILES string of the molecule is CN(C)c1ccc(C#N)cc1S(=O)(=O)N(C)/N=C\c1cnn2ccc(C#N)cc12. The van der Waals surface area contributed by atoms with Crippen molar-refractivity contribution in [3.63, 3.8) is 0 Å². The van der Waals surface area contributed by atoms with Crippen molar-refractivity contribution in [2.45, 2.75) is 4.90 Å². The highest BCUT2D eigenvalue weighted by Gasteiger charge is 2.24. The minimum absolute atomic E-state index is 0.0205. The van der Waals surface area contributed by atoms with Crippen molar-refractivity contribution < 1.29 is 8.42 Å². The van der Waals surface area contributed by atoms with Gasteiger partial charge in [0.1, 0.15) is 4.90 Å². The van der Waals surface area contributed by atoms with Crippen LogP contribution in [0.4, 0.5) is 5.69 Å². The van der Waals surface area contributed by atoms with Crippen LogP contribution in [0.25, 0.3) is 5.52 Å². The number of sulfonamides is 1. The van der Waals surface area contributed by atoms with E-state index in [-0.39, 0.29) is 10.5 Å². The normalized spacial score (nSPS) is 11.3. The van der Waals surface area contributed by atoms with E-state index >= 15 is 0 Å². The van der Waals surface area contributed by atoms with Gasteiger partial charge in [0, 0.05) is 32.9 Å². The van der Waals surface area contributed by atoms with E-state index in [1.54, 1.807) is 54.0 Å². The van der Waals surface area contributed by atoms with Crippen LogP contribution in [0.5, 0.6) is 0 Å². The highest BCUT2D eigenvalue weighted by molar-refractivity contribution is 7.89. The molecule has 2 aromatic heterocycles. The Kier molecular flexibility index (Phi) is 5.22. The minimum atomic E-state index is -4.00. The van der Waals surface area contributed by atoms with Gasteiger partial charge in [-0.1, -0.05) is 0 Å². The van der Waals surface area contributed by atoms with Crippen molar-refractivity contribution in [3.05, 3.63) is 59.4 Å². The van der Waals surface area contributed by atoms with Gasteiger partial charge in [0.05, 0.1) is 46.9 Å². The first-order valence-electron chi connectivity index (χ1n) is 8.40. The summed E-state index contributed by atoms with van der Waals surface area (Å²) >= 11 is 0. The molecule has 0 aliphatic heterocycles. The Morgan fingerprint density at radius 1 is 1.10 bits per heavy atom. The highest BCUT2D eigenvalue weighted by Crippen LogP contribution is 2.27. The van der Waals surface area contributed by atoms with Gasteiger partial charge in [-0.3, -0.25) is 0 Å². The van der Waals surface area contributed by atoms with Gasteiger partial charge in [-0.2, -0.15) is 33.6 Å². The number of anilines is 1. The third-order valence-corrected chi connectivity index (χ3v) is 5.91. The number of pyridine rings is 1. The smallest absolute Gasteiger partial charge is 0.280 e. The number of fused-ring (bicyclic) bond motifs is 1. The van der Waals surface area contributed by atoms with Crippen LogP contribution in [0, 0.1) is 22.7 Å². The monoisotopic (exact) mass is 407 g/mol. The topological polar surface area (TPSA) is 118 Å². The summed E-state index contributed by atoms with van der Waals surface area (Å²) in [5.74, 6) is 0. The van der Waals surface area contributed by atoms with Crippen LogP contribution in [-0.4, -0.2) is 49.8 Å². The average Bonchev–Trinajstić information content (AvgIpc) is 3.13. The molecule has 10 heteroatoms. The fourth-order valence-electron chi connectivity index (χ4n) is 2.68. The molecule has 9 nitrogen and oxygen atoms in total. The molecular weight excluding hydrogens is 390 g/mol. The summed E-state index contributed by atoms with van der Waals surface area (Å²) in [6.45, 7) is 0. The van der Waals surface area contributed by atoms with Crippen molar-refractivity contribution in [1.29, 1.82) is 10.5 Å². The van der Waals surface area contributed by atoms with Crippen LogP contribution in [0.15, 0.2) is 52.7 Å². The van der Waals surface area contributed by atoms with Crippen LogP contribution in [0.3, 0.4) is 0 Å². The van der Waals surface area contributed by atoms with Gasteiger partial charge in [0.25, 0.3) is 10.0 Å². The van der Waals surface area contributed by atoms with E-state index in [1.165, 1.54) is 25.5 Å². The number of nitrogens with zero attached hydrogens (tertiary/aromatic N) is 7. The van der Waals surface area contributed by atoms with E-state index in [0.29, 0.717) is 22.3 Å². The van der Waals surface area contributed by atoms with Crippen LogP contribution in [0.2, 0.25) is 0 Å². The van der Waals surface area contributed by atoms with Gasteiger partial charge >= 0.3 is 0 Å². The first kappa shape index (κ1) is 19.9. The number of benzene rings is 1. The lowest BCUT2D eigenvalue weighted by atomic mass is 10.2. The number of nitriles is 2. The second kappa shape index (κ2) is 7.62. The quantitative estimate of drug-likeness (QED) is 0.470. The van der Waals surface area contributed by atoms with Crippen LogP contribution >= 0.6 is 0 Å². The summed E-state index contributed by atoms with van der Waals surface area (Å²) in [6, 6.07) is 11.7. The summed E-state index contributed by atoms with van der Waals surface area (Å²) < 4.78 is 28.5. The van der Waals surface area contributed by atoms with Crippen molar-refractivity contribution in [2.75, 3.05) is 26.0 Å². The molecule has 0 amide bonds. The van der Waals surface area contributed by atoms with Crippen LogP contribution in [-0.2, 0) is 10.0 Å². The summed E-state index contributed by atoms with van der Waals surface area (Å²) in [5.41, 5.74) is 2.32. The van der Waals surface area contributed by atoms with Gasteiger partial charge in [-0.05, 0) is 30.3 Å². The largest absolute Gasteiger partial charge is 0.377 e. The maximum Gasteiger partial charge on any atom is 0.280 e. The third kappa shape index (κ3) is 3.74. The van der Waals surface area contributed by atoms with Crippen molar-refractivity contribution in [1.82, 2.24) is 14.0 Å². The van der Waals surface area contributed by atoms with Gasteiger partial charge in [-0.25, -0.2) is 4.52 Å². The molecule has 0 fully saturated rings. The Labute approximate surface area is 168 Å². The lowest BCUT2D eigenvalue weighted by Gasteiger charge is -2.20. The van der Waals surface area contributed by atoms with Gasteiger partial charge in [-0.15, -0.1) is 0 Å². The number of aromatic nitrogens is 2. The first-order valence-corrected chi connectivity index (χ1v) is 9.84. The molecule has 0 unspecified atom stereocenters. The molecular formula is C19H17N7O2S. The molecule has 146 valence electrons. The van der Waals surface area contributed by atoms with Gasteiger partial charge < -0.3 is 4.90 Å². The number of hydrogen-bond acceptors (Lipinski definition) is 7. The molecule has 0 aliphatic carbocycles. The first-order chi connectivity index (χ1) is 13.8. The van der Waals surface area contributed by atoms with E-state index < -0.39 is 10.0 Å². The molecule has 1 aromatic carbocycles. The second-order valence-electron chi connectivity index (χ2n) is 6.33. The molecule has 0 spiro atoms. The third-order valence-electron chi connectivity index (χ3n) is 4.24. The molecule has 0 N–H and O–H groups in total. The molecule has 0 saturated carbocycles. The molecule has 3 aromatic rings. The fraction of sp³-hybridized carbons (Fsp3) is 0.158. The summed E-state index contributed by atoms with van der Waals surface area (Å²) in [6.07, 6.45) is 4.54. The predicted octanol–water partition coefficient (Wildman–Crippen LogP) is 1.80. The molecule has 2 heterocycles. The molecule has 3 rings (SSSR count). The van der Waals surface area contributed by atoms with E-state index in [2.05, 4.69) is 16.3 Å². The molecule has 0 bridgehead atoms. The molecule has 0 saturated heterocycles. The summed E-state index contributed by atoms with van der Waals surface area (Å²) in [4.78, 5) is 1.63. The van der Waals surface area contributed by atoms with Crippen LogP contribution in [0.1, 0.15) is 16.7 Å². The zero-order valence-corrected chi connectivity index (χ0v) is 16.8. The maximum absolute atomic E-state index is 13.1. The molecule has 0 radical (unpaired) electrons. The Bertz CT molecular complexity index is 1290. The Hall–Kier alpha value is -3.89.